The van der Waals surface area contributed by atoms with E-state index in [1.54, 1.807) is 37.7 Å². The first-order valence-electron chi connectivity index (χ1n) is 7.82. The molecular weight excluding hydrogens is 413 g/mol. The van der Waals surface area contributed by atoms with Gasteiger partial charge < -0.3 is 4.74 Å². The molecule has 0 saturated heterocycles. The van der Waals surface area contributed by atoms with E-state index in [9.17, 15) is 13.2 Å². The van der Waals surface area contributed by atoms with Crippen molar-refractivity contribution < 1.29 is 22.7 Å². The second kappa shape index (κ2) is 7.02. The zero-order valence-electron chi connectivity index (χ0n) is 14.2. The summed E-state index contributed by atoms with van der Waals surface area (Å²) in [6.45, 7) is 0.127. The standard InChI is InChI=1S/C18H17BrF3N2O2/c1-24(25-2)10-4-5-13-12(7-8-14(16(13)24)18(20,21)22)11-26-15-6-3-9-23-17(15)19/h3-4,6-10H,5,11H2,1-2H3/q+1. The number of hydrogen-bond donors (Lipinski definition) is 0. The molecule has 0 spiro atoms. The molecule has 1 aliphatic heterocycles. The van der Waals surface area contributed by atoms with Crippen molar-refractivity contribution in [3.63, 3.8) is 0 Å². The van der Waals surface area contributed by atoms with Gasteiger partial charge in [-0.1, -0.05) is 6.07 Å². The Hall–Kier alpha value is -1.90. The number of rotatable bonds is 4. The summed E-state index contributed by atoms with van der Waals surface area (Å²) in [5.74, 6) is 0.525. The fraction of sp³-hybridized carbons (Fsp3) is 0.278. The predicted molar refractivity (Wildman–Crippen MR) is 95.3 cm³/mol. The van der Waals surface area contributed by atoms with Crippen molar-refractivity contribution in [2.45, 2.75) is 19.2 Å². The predicted octanol–water partition coefficient (Wildman–Crippen LogP) is 5.01. The molecule has 0 bridgehead atoms. The smallest absolute Gasteiger partial charge is 0.422 e. The van der Waals surface area contributed by atoms with Gasteiger partial charge in [-0.2, -0.15) is 18.0 Å². The second-order valence-electron chi connectivity index (χ2n) is 5.94. The van der Waals surface area contributed by atoms with Crippen LogP contribution in [0.2, 0.25) is 0 Å². The molecule has 2 heterocycles. The molecule has 1 atom stereocenters. The zero-order valence-corrected chi connectivity index (χ0v) is 15.8. The maximum atomic E-state index is 13.6. The second-order valence-corrected chi connectivity index (χ2v) is 6.69. The van der Waals surface area contributed by atoms with Gasteiger partial charge in [-0.15, -0.1) is 4.65 Å². The number of allylic oxidation sites excluding steroid dienone is 1. The van der Waals surface area contributed by atoms with Gasteiger partial charge >= 0.3 is 6.18 Å². The van der Waals surface area contributed by atoms with Crippen LogP contribution in [-0.4, -0.2) is 19.1 Å². The topological polar surface area (TPSA) is 31.4 Å². The molecule has 2 aromatic rings. The van der Waals surface area contributed by atoms with Crippen molar-refractivity contribution in [2.24, 2.45) is 0 Å². The van der Waals surface area contributed by atoms with Crippen LogP contribution in [0.3, 0.4) is 0 Å². The van der Waals surface area contributed by atoms with Crippen LogP contribution in [-0.2, 0) is 24.0 Å². The molecule has 0 aliphatic carbocycles. The van der Waals surface area contributed by atoms with Gasteiger partial charge in [0.15, 0.2) is 11.4 Å². The van der Waals surface area contributed by atoms with E-state index in [2.05, 4.69) is 20.9 Å². The Balaban J connectivity index is 2.04. The van der Waals surface area contributed by atoms with E-state index in [1.165, 1.54) is 13.2 Å². The highest BCUT2D eigenvalue weighted by Crippen LogP contribution is 2.44. The number of ether oxygens (including phenoxy) is 1. The van der Waals surface area contributed by atoms with Crippen molar-refractivity contribution in [1.29, 1.82) is 0 Å². The van der Waals surface area contributed by atoms with Crippen molar-refractivity contribution in [1.82, 2.24) is 9.63 Å². The molecule has 1 aromatic carbocycles. The Bertz CT molecular complexity index is 855. The number of nitrogens with zero attached hydrogens (tertiary/aromatic N) is 2. The van der Waals surface area contributed by atoms with Crippen LogP contribution < -0.4 is 9.38 Å². The Kier molecular flexibility index (Phi) is 5.09. The number of halogens is 4. The molecule has 138 valence electrons. The third-order valence-electron chi connectivity index (χ3n) is 4.33. The molecule has 0 amide bonds. The van der Waals surface area contributed by atoms with E-state index in [-0.39, 0.29) is 16.9 Å². The summed E-state index contributed by atoms with van der Waals surface area (Å²) in [5.41, 5.74) is 0.627. The fourth-order valence-electron chi connectivity index (χ4n) is 3.01. The number of hydroxylamine groups is 2. The molecule has 0 saturated carbocycles. The Morgan fingerprint density at radius 2 is 2.04 bits per heavy atom. The van der Waals surface area contributed by atoms with Crippen LogP contribution in [0, 0.1) is 0 Å². The lowest BCUT2D eigenvalue weighted by Gasteiger charge is -2.32. The third kappa shape index (κ3) is 3.49. The maximum Gasteiger partial charge on any atom is 0.422 e. The van der Waals surface area contributed by atoms with Crippen molar-refractivity contribution in [2.75, 3.05) is 14.2 Å². The largest absolute Gasteiger partial charge is 0.486 e. The summed E-state index contributed by atoms with van der Waals surface area (Å²) in [6, 6.07) is 6.02. The molecule has 1 unspecified atom stereocenters. The maximum absolute atomic E-state index is 13.6. The highest BCUT2D eigenvalue weighted by Gasteiger charge is 2.44. The Morgan fingerprint density at radius 3 is 2.69 bits per heavy atom. The van der Waals surface area contributed by atoms with Gasteiger partial charge in [0, 0.05) is 18.2 Å². The van der Waals surface area contributed by atoms with Gasteiger partial charge in [0.1, 0.15) is 30.0 Å². The lowest BCUT2D eigenvalue weighted by molar-refractivity contribution is -0.142. The van der Waals surface area contributed by atoms with Crippen LogP contribution in [0.1, 0.15) is 16.7 Å². The van der Waals surface area contributed by atoms with Crippen LogP contribution in [0.5, 0.6) is 5.75 Å². The monoisotopic (exact) mass is 429 g/mol. The van der Waals surface area contributed by atoms with E-state index in [0.717, 1.165) is 6.07 Å². The van der Waals surface area contributed by atoms with Gasteiger partial charge in [0.2, 0.25) is 0 Å². The Labute approximate surface area is 157 Å². The molecule has 0 N–H and O–H groups in total. The van der Waals surface area contributed by atoms with Gasteiger partial charge in [-0.05, 0) is 45.8 Å². The number of fused-ring (bicyclic) bond motifs is 1. The number of hydrogen-bond acceptors (Lipinski definition) is 3. The summed E-state index contributed by atoms with van der Waals surface area (Å²) >= 11 is 3.29. The number of quaternary nitrogens is 1. The molecule has 0 radical (unpaired) electrons. The van der Waals surface area contributed by atoms with Crippen molar-refractivity contribution in [3.05, 3.63) is 64.0 Å². The summed E-state index contributed by atoms with van der Waals surface area (Å²) in [6.07, 6.45) is 0.932. The molecule has 1 aliphatic rings. The molecular formula is C18H17BrF3N2O2+. The molecule has 0 fully saturated rings. The third-order valence-corrected chi connectivity index (χ3v) is 4.92. The van der Waals surface area contributed by atoms with E-state index in [1.807, 2.05) is 0 Å². The summed E-state index contributed by atoms with van der Waals surface area (Å²) in [7, 11) is 2.96. The van der Waals surface area contributed by atoms with E-state index < -0.39 is 11.7 Å². The minimum absolute atomic E-state index is 0.0915. The average molecular weight is 430 g/mol. The number of pyridine rings is 1. The highest BCUT2D eigenvalue weighted by atomic mass is 79.9. The quantitative estimate of drug-likeness (QED) is 0.505. The SMILES string of the molecule is CO[N+]1(C)C=CCc2c(COc3cccnc3Br)ccc(C(F)(F)F)c21. The van der Waals surface area contributed by atoms with Crippen molar-refractivity contribution >= 4 is 21.6 Å². The highest BCUT2D eigenvalue weighted by molar-refractivity contribution is 9.10. The molecule has 8 heteroatoms. The van der Waals surface area contributed by atoms with Crippen molar-refractivity contribution in [3.8, 4) is 5.75 Å². The van der Waals surface area contributed by atoms with E-state index >= 15 is 0 Å². The molecule has 3 rings (SSSR count). The number of alkyl halides is 3. The summed E-state index contributed by atoms with van der Waals surface area (Å²) < 4.78 is 46.6. The van der Waals surface area contributed by atoms with Gasteiger partial charge in [0.25, 0.3) is 0 Å². The van der Waals surface area contributed by atoms with Gasteiger partial charge in [-0.25, -0.2) is 4.98 Å². The lowest BCUT2D eigenvalue weighted by atomic mass is 9.95. The molecule has 4 nitrogen and oxygen atoms in total. The molecule has 1 aromatic heterocycles. The Morgan fingerprint density at radius 1 is 1.27 bits per heavy atom. The van der Waals surface area contributed by atoms with Crippen LogP contribution >= 0.6 is 15.9 Å². The van der Waals surface area contributed by atoms with Crippen LogP contribution in [0.25, 0.3) is 0 Å². The minimum atomic E-state index is -4.47. The first kappa shape index (κ1) is 18.9. The van der Waals surface area contributed by atoms with Gasteiger partial charge in [-0.3, -0.25) is 0 Å². The summed E-state index contributed by atoms with van der Waals surface area (Å²) in [4.78, 5) is 9.44. The zero-order chi connectivity index (χ0) is 18.9. The molecule has 26 heavy (non-hydrogen) atoms. The normalized spacial score (nSPS) is 19.3. The summed E-state index contributed by atoms with van der Waals surface area (Å²) in [5, 5.41) is 0. The number of benzene rings is 1. The first-order valence-corrected chi connectivity index (χ1v) is 8.61. The first-order chi connectivity index (χ1) is 12.3. The van der Waals surface area contributed by atoms with Crippen LogP contribution in [0.4, 0.5) is 18.9 Å². The van der Waals surface area contributed by atoms with Gasteiger partial charge in [0.05, 0.1) is 7.11 Å². The lowest BCUT2D eigenvalue weighted by Crippen LogP contribution is -2.42. The van der Waals surface area contributed by atoms with E-state index in [4.69, 9.17) is 9.57 Å². The van der Waals surface area contributed by atoms with E-state index in [0.29, 0.717) is 27.9 Å². The average Bonchev–Trinajstić information content (AvgIpc) is 2.60. The fourth-order valence-corrected chi connectivity index (χ4v) is 3.37. The number of aromatic nitrogens is 1. The van der Waals surface area contributed by atoms with Crippen LogP contribution in [0.15, 0.2) is 47.3 Å². The minimum Gasteiger partial charge on any atom is -0.486 e.